The first kappa shape index (κ1) is 20.6. The fraction of sp³-hybridized carbons (Fsp3) is 0.944. The largest absolute Gasteiger partial charge is 0.460 e. The smallest absolute Gasteiger partial charge is 0.311 e. The predicted molar refractivity (Wildman–Crippen MR) is 97.0 cm³/mol. The molecule has 2 rings (SSSR count). The highest BCUT2D eigenvalue weighted by atomic mass is 32.2. The molecule has 1 aliphatic heterocycles. The molecule has 2 fully saturated rings. The number of aliphatic hydroxyl groups excluding tert-OH is 1. The molecular formula is C18H33NO5S. The van der Waals surface area contributed by atoms with Crippen LogP contribution in [0.1, 0.15) is 61.3 Å². The Kier molecular flexibility index (Phi) is 4.89. The molecule has 1 aliphatic carbocycles. The number of sulfone groups is 1. The molecule has 6 nitrogen and oxygen atoms in total. The van der Waals surface area contributed by atoms with Crippen molar-refractivity contribution < 1.29 is 23.1 Å². The molecule has 0 aromatic heterocycles. The van der Waals surface area contributed by atoms with Crippen molar-refractivity contribution in [3.63, 3.8) is 0 Å². The van der Waals surface area contributed by atoms with Crippen LogP contribution in [0.15, 0.2) is 0 Å². The zero-order valence-corrected chi connectivity index (χ0v) is 17.3. The molecule has 0 aromatic carbocycles. The number of esters is 1. The lowest BCUT2D eigenvalue weighted by atomic mass is 9.77. The second kappa shape index (κ2) is 5.92. The van der Waals surface area contributed by atoms with Gasteiger partial charge in [-0.1, -0.05) is 0 Å². The highest BCUT2D eigenvalue weighted by Gasteiger charge is 2.65. The SMILES string of the molecule is CC(C)(C)OC(=O)[C@@H]1C(C(C)(C)S(=O)(=O)C2(CO)CC2)CNC1(C)C. The Morgan fingerprint density at radius 1 is 1.20 bits per heavy atom. The van der Waals surface area contributed by atoms with E-state index in [1.54, 1.807) is 13.8 Å². The number of rotatable bonds is 5. The number of ether oxygens (including phenoxy) is 1. The molecule has 1 saturated carbocycles. The van der Waals surface area contributed by atoms with Gasteiger partial charge in [-0.2, -0.15) is 0 Å². The van der Waals surface area contributed by atoms with Crippen molar-refractivity contribution in [3.8, 4) is 0 Å². The highest BCUT2D eigenvalue weighted by Crippen LogP contribution is 2.52. The van der Waals surface area contributed by atoms with Crippen molar-refractivity contribution in [2.75, 3.05) is 13.2 Å². The van der Waals surface area contributed by atoms with Crippen LogP contribution in [0.4, 0.5) is 0 Å². The molecule has 0 aromatic rings. The summed E-state index contributed by atoms with van der Waals surface area (Å²) in [6.45, 7) is 12.7. The summed E-state index contributed by atoms with van der Waals surface area (Å²) in [7, 11) is -3.62. The van der Waals surface area contributed by atoms with Gasteiger partial charge < -0.3 is 15.2 Å². The third kappa shape index (κ3) is 3.35. The Morgan fingerprint density at radius 3 is 2.12 bits per heavy atom. The van der Waals surface area contributed by atoms with Gasteiger partial charge in [0, 0.05) is 18.0 Å². The molecule has 146 valence electrons. The molecule has 7 heteroatoms. The van der Waals surface area contributed by atoms with Gasteiger partial charge in [0.2, 0.25) is 0 Å². The summed E-state index contributed by atoms with van der Waals surface area (Å²) in [6, 6.07) is 0. The van der Waals surface area contributed by atoms with E-state index in [-0.39, 0.29) is 12.6 Å². The lowest BCUT2D eigenvalue weighted by Crippen LogP contribution is -2.53. The van der Waals surface area contributed by atoms with Gasteiger partial charge in [-0.25, -0.2) is 8.42 Å². The van der Waals surface area contributed by atoms with Gasteiger partial charge in [-0.05, 0) is 61.3 Å². The van der Waals surface area contributed by atoms with Gasteiger partial charge in [0.15, 0.2) is 9.84 Å². The van der Waals surface area contributed by atoms with Crippen LogP contribution in [0.2, 0.25) is 0 Å². The van der Waals surface area contributed by atoms with E-state index in [2.05, 4.69) is 5.32 Å². The predicted octanol–water partition coefficient (Wildman–Crippen LogP) is 1.66. The molecule has 0 radical (unpaired) electrons. The van der Waals surface area contributed by atoms with E-state index in [1.165, 1.54) is 0 Å². The van der Waals surface area contributed by atoms with E-state index in [9.17, 15) is 18.3 Å². The molecular weight excluding hydrogens is 342 g/mol. The number of aliphatic hydroxyl groups is 1. The average molecular weight is 376 g/mol. The zero-order chi connectivity index (χ0) is 19.5. The molecule has 0 spiro atoms. The van der Waals surface area contributed by atoms with Crippen LogP contribution in [0.25, 0.3) is 0 Å². The Hall–Kier alpha value is -0.660. The molecule has 0 bridgehead atoms. The molecule has 1 saturated heterocycles. The van der Waals surface area contributed by atoms with Gasteiger partial charge >= 0.3 is 5.97 Å². The minimum atomic E-state index is -3.62. The molecule has 1 unspecified atom stereocenters. The van der Waals surface area contributed by atoms with E-state index in [0.717, 1.165) is 0 Å². The normalized spacial score (nSPS) is 28.6. The van der Waals surface area contributed by atoms with Crippen LogP contribution in [-0.4, -0.2) is 53.3 Å². The number of nitrogens with one attached hydrogen (secondary N) is 1. The van der Waals surface area contributed by atoms with E-state index >= 15 is 0 Å². The summed E-state index contributed by atoms with van der Waals surface area (Å²) < 4.78 is 30.0. The lowest BCUT2D eigenvalue weighted by Gasteiger charge is -2.39. The number of carbonyl (C=O) groups excluding carboxylic acids is 1. The average Bonchev–Trinajstić information content (AvgIpc) is 3.15. The molecule has 1 heterocycles. The molecule has 2 aliphatic rings. The summed E-state index contributed by atoms with van der Waals surface area (Å²) in [5.74, 6) is -1.37. The van der Waals surface area contributed by atoms with Crippen LogP contribution < -0.4 is 5.32 Å². The maximum atomic E-state index is 13.3. The number of hydrogen-bond acceptors (Lipinski definition) is 6. The highest BCUT2D eigenvalue weighted by molar-refractivity contribution is 7.94. The minimum absolute atomic E-state index is 0.362. The van der Waals surface area contributed by atoms with Gasteiger partial charge in [0.25, 0.3) is 0 Å². The lowest BCUT2D eigenvalue weighted by molar-refractivity contribution is -0.163. The molecule has 25 heavy (non-hydrogen) atoms. The van der Waals surface area contributed by atoms with E-state index in [4.69, 9.17) is 4.74 Å². The maximum absolute atomic E-state index is 13.3. The molecule has 0 amide bonds. The van der Waals surface area contributed by atoms with Crippen LogP contribution in [-0.2, 0) is 19.4 Å². The number of carbonyl (C=O) groups is 1. The topological polar surface area (TPSA) is 92.7 Å². The first-order chi connectivity index (χ1) is 11.1. The maximum Gasteiger partial charge on any atom is 0.311 e. The van der Waals surface area contributed by atoms with Crippen molar-refractivity contribution in [1.82, 2.24) is 5.32 Å². The van der Waals surface area contributed by atoms with E-state index < -0.39 is 42.3 Å². The van der Waals surface area contributed by atoms with Gasteiger partial charge in [-0.15, -0.1) is 0 Å². The van der Waals surface area contributed by atoms with E-state index in [1.807, 2.05) is 34.6 Å². The zero-order valence-electron chi connectivity index (χ0n) is 16.5. The Balaban J connectivity index is 2.40. The first-order valence-corrected chi connectivity index (χ1v) is 10.4. The summed E-state index contributed by atoms with van der Waals surface area (Å²) in [4.78, 5) is 12.9. The summed E-state index contributed by atoms with van der Waals surface area (Å²) in [5, 5.41) is 12.9. The fourth-order valence-electron chi connectivity index (χ4n) is 3.98. The quantitative estimate of drug-likeness (QED) is 0.710. The van der Waals surface area contributed by atoms with E-state index in [0.29, 0.717) is 19.4 Å². The first-order valence-electron chi connectivity index (χ1n) is 8.94. The third-order valence-electron chi connectivity index (χ3n) is 5.87. The standard InChI is InChI=1S/C18H33NO5S/c1-15(2,3)24-14(21)13-12(10-19-16(13,4)5)17(6,7)25(22,23)18(11-20)8-9-18/h12-13,19-20H,8-11H2,1-7H3/t12?,13-/m0/s1. The Morgan fingerprint density at radius 2 is 1.72 bits per heavy atom. The van der Waals surface area contributed by atoms with Crippen molar-refractivity contribution in [1.29, 1.82) is 0 Å². The van der Waals surface area contributed by atoms with Gasteiger partial charge in [-0.3, -0.25) is 4.79 Å². The minimum Gasteiger partial charge on any atom is -0.460 e. The monoisotopic (exact) mass is 375 g/mol. The van der Waals surface area contributed by atoms with Crippen LogP contribution in [0.3, 0.4) is 0 Å². The third-order valence-corrected chi connectivity index (χ3v) is 9.24. The fourth-order valence-corrected chi connectivity index (χ4v) is 6.53. The van der Waals surface area contributed by atoms with Gasteiger partial charge in [0.05, 0.1) is 22.0 Å². The second-order valence-electron chi connectivity index (χ2n) is 9.67. The van der Waals surface area contributed by atoms with Crippen molar-refractivity contribution >= 4 is 15.8 Å². The number of hydrogen-bond donors (Lipinski definition) is 2. The van der Waals surface area contributed by atoms with Crippen molar-refractivity contribution in [2.24, 2.45) is 11.8 Å². The van der Waals surface area contributed by atoms with Crippen LogP contribution >= 0.6 is 0 Å². The van der Waals surface area contributed by atoms with Crippen LogP contribution in [0, 0.1) is 11.8 Å². The molecule has 2 N–H and O–H groups in total. The van der Waals surface area contributed by atoms with Crippen LogP contribution in [0.5, 0.6) is 0 Å². The summed E-state index contributed by atoms with van der Waals surface area (Å²) in [5.41, 5.74) is -1.19. The van der Waals surface area contributed by atoms with Crippen molar-refractivity contribution in [2.45, 2.75) is 81.9 Å². The van der Waals surface area contributed by atoms with Crippen molar-refractivity contribution in [3.05, 3.63) is 0 Å². The molecule has 2 atom stereocenters. The van der Waals surface area contributed by atoms with Gasteiger partial charge in [0.1, 0.15) is 5.60 Å². The summed E-state index contributed by atoms with van der Waals surface area (Å²) in [6.07, 6.45) is 0.964. The Labute approximate surface area is 151 Å². The summed E-state index contributed by atoms with van der Waals surface area (Å²) >= 11 is 0. The Bertz CT molecular complexity index is 641. The second-order valence-corrected chi connectivity index (χ2v) is 12.6.